The van der Waals surface area contributed by atoms with Crippen molar-refractivity contribution >= 4 is 24.8 Å². The van der Waals surface area contributed by atoms with Crippen LogP contribution in [-0.2, 0) is 13.0 Å². The third-order valence-corrected chi connectivity index (χ3v) is 4.95. The fourth-order valence-electron chi connectivity index (χ4n) is 3.67. The molecule has 0 bridgehead atoms. The number of halogens is 2. The number of piperidine rings is 2. The molecule has 0 aliphatic carbocycles. The van der Waals surface area contributed by atoms with E-state index in [9.17, 15) is 0 Å². The summed E-state index contributed by atoms with van der Waals surface area (Å²) in [6.45, 7) is 7.92. The molecule has 2 aliphatic rings. The molecule has 3 rings (SSSR count). The van der Waals surface area contributed by atoms with Crippen molar-refractivity contribution in [1.29, 1.82) is 0 Å². The summed E-state index contributed by atoms with van der Waals surface area (Å²) < 4.78 is 0. The van der Waals surface area contributed by atoms with E-state index in [1.165, 1.54) is 51.9 Å². The molecule has 0 aromatic carbocycles. The second-order valence-electron chi connectivity index (χ2n) is 6.25. The number of aryl methyl sites for hydroxylation is 1. The molecule has 0 atom stereocenters. The van der Waals surface area contributed by atoms with E-state index in [2.05, 4.69) is 32.3 Å². The molecule has 0 saturated carbocycles. The summed E-state index contributed by atoms with van der Waals surface area (Å²) >= 11 is 0. The summed E-state index contributed by atoms with van der Waals surface area (Å²) in [5, 5.41) is 10.8. The molecule has 2 N–H and O–H groups in total. The minimum absolute atomic E-state index is 0. The van der Waals surface area contributed by atoms with Gasteiger partial charge in [0.1, 0.15) is 11.6 Å². The van der Waals surface area contributed by atoms with Crippen LogP contribution in [0.4, 0.5) is 0 Å². The molecule has 0 spiro atoms. The average Bonchev–Trinajstić information content (AvgIpc) is 2.97. The number of aromatic amines is 1. The topological polar surface area (TPSA) is 56.8 Å². The first-order chi connectivity index (χ1) is 9.85. The summed E-state index contributed by atoms with van der Waals surface area (Å²) in [5.74, 6) is 3.89. The smallest absolute Gasteiger partial charge is 0.150 e. The lowest BCUT2D eigenvalue weighted by molar-refractivity contribution is 0.124. The van der Waals surface area contributed by atoms with Crippen molar-refractivity contribution in [2.45, 2.75) is 45.6 Å². The first-order valence-corrected chi connectivity index (χ1v) is 8.18. The number of H-pyrrole nitrogens is 1. The van der Waals surface area contributed by atoms with Crippen LogP contribution < -0.4 is 5.32 Å². The first-order valence-electron chi connectivity index (χ1n) is 8.18. The van der Waals surface area contributed by atoms with Crippen LogP contribution in [0.2, 0.25) is 0 Å². The Bertz CT molecular complexity index is 412. The molecule has 2 aliphatic heterocycles. The van der Waals surface area contributed by atoms with Gasteiger partial charge < -0.3 is 5.32 Å². The Morgan fingerprint density at radius 3 is 2.27 bits per heavy atom. The maximum Gasteiger partial charge on any atom is 0.150 e. The Kier molecular flexibility index (Phi) is 8.69. The van der Waals surface area contributed by atoms with Gasteiger partial charge in [0.15, 0.2) is 0 Å². The van der Waals surface area contributed by atoms with Gasteiger partial charge in [0.2, 0.25) is 0 Å². The quantitative estimate of drug-likeness (QED) is 0.876. The van der Waals surface area contributed by atoms with E-state index in [1.54, 1.807) is 0 Å². The highest BCUT2D eigenvalue weighted by molar-refractivity contribution is 5.85. The van der Waals surface area contributed by atoms with Crippen molar-refractivity contribution in [1.82, 2.24) is 25.4 Å². The third kappa shape index (κ3) is 5.08. The van der Waals surface area contributed by atoms with Crippen LogP contribution in [0.15, 0.2) is 0 Å². The molecule has 128 valence electrons. The second kappa shape index (κ2) is 9.71. The predicted octanol–water partition coefficient (Wildman–Crippen LogP) is 2.42. The van der Waals surface area contributed by atoms with Crippen LogP contribution in [0.5, 0.6) is 0 Å². The lowest BCUT2D eigenvalue weighted by Crippen LogP contribution is -2.39. The van der Waals surface area contributed by atoms with Crippen molar-refractivity contribution in [2.75, 3.05) is 26.2 Å². The third-order valence-electron chi connectivity index (χ3n) is 4.95. The van der Waals surface area contributed by atoms with E-state index in [-0.39, 0.29) is 24.8 Å². The summed E-state index contributed by atoms with van der Waals surface area (Å²) in [6, 6.07) is 0. The Morgan fingerprint density at radius 2 is 1.68 bits per heavy atom. The van der Waals surface area contributed by atoms with Gasteiger partial charge in [-0.15, -0.1) is 24.8 Å². The minimum atomic E-state index is 0. The van der Waals surface area contributed by atoms with Gasteiger partial charge in [0, 0.05) is 6.42 Å². The lowest BCUT2D eigenvalue weighted by atomic mass is 9.79. The van der Waals surface area contributed by atoms with E-state index < -0.39 is 0 Å². The van der Waals surface area contributed by atoms with Crippen molar-refractivity contribution < 1.29 is 0 Å². The summed E-state index contributed by atoms with van der Waals surface area (Å²) in [5.41, 5.74) is 0. The van der Waals surface area contributed by atoms with Gasteiger partial charge in [-0.1, -0.05) is 6.92 Å². The van der Waals surface area contributed by atoms with Gasteiger partial charge in [0.05, 0.1) is 6.54 Å². The number of nitrogens with one attached hydrogen (secondary N) is 2. The highest BCUT2D eigenvalue weighted by Gasteiger charge is 2.27. The van der Waals surface area contributed by atoms with Crippen LogP contribution in [0.3, 0.4) is 0 Å². The standard InChI is InChI=1S/C15H27N5.2ClH/c1-2-14-17-15(19-18-14)11-20-9-5-13(6-10-20)12-3-7-16-8-4-12;;/h12-13,16H,2-11H2,1H3,(H,17,18,19);2*1H. The minimum Gasteiger partial charge on any atom is -0.317 e. The molecule has 1 aromatic heterocycles. The fraction of sp³-hybridized carbons (Fsp3) is 0.867. The maximum absolute atomic E-state index is 4.52. The van der Waals surface area contributed by atoms with Gasteiger partial charge in [-0.05, 0) is 63.7 Å². The molecule has 2 fully saturated rings. The zero-order valence-electron chi connectivity index (χ0n) is 13.4. The SMILES string of the molecule is CCc1n[nH]c(CN2CCC(C3CCNCC3)CC2)n1.Cl.Cl. The Balaban J connectivity index is 0.00000121. The largest absolute Gasteiger partial charge is 0.317 e. The molecule has 0 unspecified atom stereocenters. The molecular weight excluding hydrogens is 321 g/mol. The molecule has 7 heteroatoms. The second-order valence-corrected chi connectivity index (χ2v) is 6.25. The van der Waals surface area contributed by atoms with Gasteiger partial charge >= 0.3 is 0 Å². The van der Waals surface area contributed by atoms with Gasteiger partial charge in [0.25, 0.3) is 0 Å². The number of rotatable bonds is 4. The summed E-state index contributed by atoms with van der Waals surface area (Å²) in [6.07, 6.45) is 6.40. The van der Waals surface area contributed by atoms with Crippen molar-refractivity contribution in [3.05, 3.63) is 11.6 Å². The number of likely N-dealkylation sites (tertiary alicyclic amines) is 1. The number of hydrogen-bond donors (Lipinski definition) is 2. The number of hydrogen-bond acceptors (Lipinski definition) is 4. The summed E-state index contributed by atoms with van der Waals surface area (Å²) in [4.78, 5) is 7.04. The Morgan fingerprint density at radius 1 is 1.05 bits per heavy atom. The zero-order valence-corrected chi connectivity index (χ0v) is 15.0. The molecule has 1 aromatic rings. The molecule has 2 saturated heterocycles. The highest BCUT2D eigenvalue weighted by atomic mass is 35.5. The highest BCUT2D eigenvalue weighted by Crippen LogP contribution is 2.30. The predicted molar refractivity (Wildman–Crippen MR) is 93.9 cm³/mol. The van der Waals surface area contributed by atoms with Gasteiger partial charge in [-0.3, -0.25) is 10.00 Å². The van der Waals surface area contributed by atoms with E-state index in [1.807, 2.05) is 0 Å². The maximum atomic E-state index is 4.52. The van der Waals surface area contributed by atoms with Crippen molar-refractivity contribution in [3.63, 3.8) is 0 Å². The Hall–Kier alpha value is -0.360. The average molecular weight is 350 g/mol. The number of nitrogens with zero attached hydrogens (tertiary/aromatic N) is 3. The summed E-state index contributed by atoms with van der Waals surface area (Å²) in [7, 11) is 0. The molecule has 22 heavy (non-hydrogen) atoms. The number of aromatic nitrogens is 3. The van der Waals surface area contributed by atoms with Crippen LogP contribution >= 0.6 is 24.8 Å². The molecule has 0 amide bonds. The van der Waals surface area contributed by atoms with E-state index in [0.717, 1.165) is 36.5 Å². The lowest BCUT2D eigenvalue weighted by Gasteiger charge is -2.37. The van der Waals surface area contributed by atoms with Gasteiger partial charge in [-0.2, -0.15) is 5.10 Å². The van der Waals surface area contributed by atoms with Crippen LogP contribution in [0.25, 0.3) is 0 Å². The molecule has 3 heterocycles. The monoisotopic (exact) mass is 349 g/mol. The zero-order chi connectivity index (χ0) is 13.8. The fourth-order valence-corrected chi connectivity index (χ4v) is 3.67. The van der Waals surface area contributed by atoms with E-state index in [0.29, 0.717) is 0 Å². The first kappa shape index (κ1) is 19.7. The van der Waals surface area contributed by atoms with Crippen LogP contribution in [0.1, 0.15) is 44.3 Å². The normalized spacial score (nSPS) is 21.1. The van der Waals surface area contributed by atoms with Crippen LogP contribution in [-0.4, -0.2) is 46.3 Å². The van der Waals surface area contributed by atoms with E-state index >= 15 is 0 Å². The van der Waals surface area contributed by atoms with E-state index in [4.69, 9.17) is 0 Å². The van der Waals surface area contributed by atoms with Crippen LogP contribution in [0, 0.1) is 11.8 Å². The molecule has 0 radical (unpaired) electrons. The Labute approximate surface area is 145 Å². The van der Waals surface area contributed by atoms with Crippen molar-refractivity contribution in [2.24, 2.45) is 11.8 Å². The van der Waals surface area contributed by atoms with Gasteiger partial charge in [-0.25, -0.2) is 4.98 Å². The van der Waals surface area contributed by atoms with Crippen molar-refractivity contribution in [3.8, 4) is 0 Å². The molecule has 5 nitrogen and oxygen atoms in total. The molecular formula is C15H29Cl2N5.